The third kappa shape index (κ3) is 2.35. The Labute approximate surface area is 92.5 Å². The number of rotatable bonds is 4. The maximum absolute atomic E-state index is 11.6. The molecule has 1 saturated heterocycles. The van der Waals surface area contributed by atoms with Gasteiger partial charge in [-0.15, -0.1) is 0 Å². The average molecular weight is 220 g/mol. The molecular formula is C10H12N4O2. The van der Waals surface area contributed by atoms with Crippen molar-refractivity contribution in [3.8, 4) is 0 Å². The van der Waals surface area contributed by atoms with E-state index in [1.165, 1.54) is 0 Å². The Morgan fingerprint density at radius 3 is 3.25 bits per heavy atom. The van der Waals surface area contributed by atoms with Gasteiger partial charge in [0.05, 0.1) is 12.8 Å². The Kier molecular flexibility index (Phi) is 3.12. The van der Waals surface area contributed by atoms with Crippen LogP contribution in [0.4, 0.5) is 0 Å². The largest absolute Gasteiger partial charge is 0.467 e. The Bertz CT molecular complexity index is 408. The second-order valence-electron chi connectivity index (χ2n) is 3.84. The second-order valence-corrected chi connectivity index (χ2v) is 3.84. The van der Waals surface area contributed by atoms with Crippen LogP contribution in [0.5, 0.6) is 0 Å². The monoisotopic (exact) mass is 220 g/mol. The Morgan fingerprint density at radius 2 is 2.56 bits per heavy atom. The summed E-state index contributed by atoms with van der Waals surface area (Å²) < 4.78 is 5.18. The first-order chi connectivity index (χ1) is 7.79. The van der Waals surface area contributed by atoms with Crippen molar-refractivity contribution < 1.29 is 9.21 Å². The fraction of sp³-hybridized carbons (Fsp3) is 0.500. The first-order valence-corrected chi connectivity index (χ1v) is 5.10. The van der Waals surface area contributed by atoms with Crippen molar-refractivity contribution in [2.45, 2.75) is 13.0 Å². The molecule has 1 amide bonds. The van der Waals surface area contributed by atoms with E-state index in [1.54, 1.807) is 17.2 Å². The van der Waals surface area contributed by atoms with E-state index in [0.29, 0.717) is 26.1 Å². The van der Waals surface area contributed by atoms with Crippen molar-refractivity contribution >= 4 is 5.91 Å². The lowest BCUT2D eigenvalue weighted by Crippen LogP contribution is -2.24. The van der Waals surface area contributed by atoms with Crippen molar-refractivity contribution in [2.24, 2.45) is 11.0 Å². The first-order valence-electron chi connectivity index (χ1n) is 5.10. The quantitative estimate of drug-likeness (QED) is 0.441. The molecule has 1 aliphatic rings. The van der Waals surface area contributed by atoms with Gasteiger partial charge in [0.2, 0.25) is 5.91 Å². The summed E-state index contributed by atoms with van der Waals surface area (Å²) in [5.74, 6) is 1.01. The summed E-state index contributed by atoms with van der Waals surface area (Å²) in [7, 11) is 0. The van der Waals surface area contributed by atoms with E-state index in [4.69, 9.17) is 9.95 Å². The standard InChI is InChI=1S/C10H12N4O2/c11-13-12-5-8-4-10(15)14(6-8)7-9-2-1-3-16-9/h1-3,8H,4-7H2. The van der Waals surface area contributed by atoms with E-state index in [0.717, 1.165) is 5.76 Å². The molecule has 6 heteroatoms. The van der Waals surface area contributed by atoms with E-state index in [9.17, 15) is 4.79 Å². The number of furan rings is 1. The molecule has 1 aliphatic heterocycles. The molecule has 2 rings (SSSR count). The number of likely N-dealkylation sites (tertiary alicyclic amines) is 1. The van der Waals surface area contributed by atoms with E-state index in [1.807, 2.05) is 6.07 Å². The molecule has 0 saturated carbocycles. The topological polar surface area (TPSA) is 82.2 Å². The summed E-state index contributed by atoms with van der Waals surface area (Å²) in [4.78, 5) is 16.1. The third-order valence-electron chi connectivity index (χ3n) is 2.62. The van der Waals surface area contributed by atoms with Crippen molar-refractivity contribution in [1.82, 2.24) is 4.90 Å². The SMILES string of the molecule is [N-]=[N+]=NCC1CC(=O)N(Cc2ccco2)C1. The molecule has 16 heavy (non-hydrogen) atoms. The molecule has 1 fully saturated rings. The van der Waals surface area contributed by atoms with Crippen LogP contribution in [0.2, 0.25) is 0 Å². The fourth-order valence-corrected chi connectivity index (χ4v) is 1.87. The van der Waals surface area contributed by atoms with E-state index >= 15 is 0 Å². The van der Waals surface area contributed by atoms with Gasteiger partial charge in [-0.25, -0.2) is 0 Å². The normalized spacial score (nSPS) is 19.9. The number of carbonyl (C=O) groups is 1. The highest BCUT2D eigenvalue weighted by Crippen LogP contribution is 2.20. The van der Waals surface area contributed by atoms with Crippen LogP contribution in [-0.2, 0) is 11.3 Å². The van der Waals surface area contributed by atoms with Crippen LogP contribution >= 0.6 is 0 Å². The second kappa shape index (κ2) is 4.72. The molecule has 1 aromatic heterocycles. The van der Waals surface area contributed by atoms with Gasteiger partial charge in [0, 0.05) is 24.4 Å². The van der Waals surface area contributed by atoms with Crippen LogP contribution in [0.1, 0.15) is 12.2 Å². The summed E-state index contributed by atoms with van der Waals surface area (Å²) >= 11 is 0. The molecule has 0 aromatic carbocycles. The van der Waals surface area contributed by atoms with E-state index < -0.39 is 0 Å². The van der Waals surface area contributed by atoms with Gasteiger partial charge in [0.15, 0.2) is 0 Å². The minimum atomic E-state index is 0.0922. The summed E-state index contributed by atoms with van der Waals surface area (Å²) in [5.41, 5.74) is 8.21. The molecule has 0 N–H and O–H groups in total. The van der Waals surface area contributed by atoms with Gasteiger partial charge in [-0.1, -0.05) is 5.11 Å². The zero-order chi connectivity index (χ0) is 11.4. The maximum atomic E-state index is 11.6. The van der Waals surface area contributed by atoms with Gasteiger partial charge in [-0.05, 0) is 23.6 Å². The van der Waals surface area contributed by atoms with Crippen LogP contribution in [0.25, 0.3) is 10.4 Å². The zero-order valence-corrected chi connectivity index (χ0v) is 8.74. The van der Waals surface area contributed by atoms with Gasteiger partial charge in [0.1, 0.15) is 5.76 Å². The molecule has 6 nitrogen and oxygen atoms in total. The fourth-order valence-electron chi connectivity index (χ4n) is 1.87. The minimum Gasteiger partial charge on any atom is -0.467 e. The lowest BCUT2D eigenvalue weighted by Gasteiger charge is -2.14. The molecule has 84 valence electrons. The number of azide groups is 1. The zero-order valence-electron chi connectivity index (χ0n) is 8.74. The van der Waals surface area contributed by atoms with E-state index in [2.05, 4.69) is 10.0 Å². The highest BCUT2D eigenvalue weighted by Gasteiger charge is 2.29. The van der Waals surface area contributed by atoms with E-state index in [-0.39, 0.29) is 11.8 Å². The molecule has 0 bridgehead atoms. The van der Waals surface area contributed by atoms with Crippen molar-refractivity contribution in [3.05, 3.63) is 34.6 Å². The predicted octanol–water partition coefficient (Wildman–Crippen LogP) is 1.94. The number of hydrogen-bond donors (Lipinski definition) is 0. The van der Waals surface area contributed by atoms with Crippen LogP contribution in [0.15, 0.2) is 27.9 Å². The number of nitrogens with zero attached hydrogens (tertiary/aromatic N) is 4. The van der Waals surface area contributed by atoms with Crippen LogP contribution in [0.3, 0.4) is 0 Å². The Morgan fingerprint density at radius 1 is 1.69 bits per heavy atom. The van der Waals surface area contributed by atoms with Crippen LogP contribution in [-0.4, -0.2) is 23.9 Å². The van der Waals surface area contributed by atoms with Crippen LogP contribution < -0.4 is 0 Å². The van der Waals surface area contributed by atoms with Crippen molar-refractivity contribution in [3.63, 3.8) is 0 Å². The van der Waals surface area contributed by atoms with Gasteiger partial charge < -0.3 is 9.32 Å². The smallest absolute Gasteiger partial charge is 0.223 e. The predicted molar refractivity (Wildman–Crippen MR) is 56.2 cm³/mol. The summed E-state index contributed by atoms with van der Waals surface area (Å²) in [6.07, 6.45) is 2.05. The Hall–Kier alpha value is -1.94. The minimum absolute atomic E-state index is 0.0922. The van der Waals surface area contributed by atoms with Crippen molar-refractivity contribution in [1.29, 1.82) is 0 Å². The van der Waals surface area contributed by atoms with Gasteiger partial charge in [-0.3, -0.25) is 4.79 Å². The average Bonchev–Trinajstić information content (AvgIpc) is 2.87. The summed E-state index contributed by atoms with van der Waals surface area (Å²) in [6, 6.07) is 3.64. The molecule has 0 spiro atoms. The highest BCUT2D eigenvalue weighted by atomic mass is 16.3. The summed E-state index contributed by atoms with van der Waals surface area (Å²) in [6.45, 7) is 1.52. The lowest BCUT2D eigenvalue weighted by atomic mass is 10.1. The number of amides is 1. The lowest BCUT2D eigenvalue weighted by molar-refractivity contribution is -0.128. The molecule has 1 atom stereocenters. The Balaban J connectivity index is 1.92. The molecule has 1 unspecified atom stereocenters. The number of hydrogen-bond acceptors (Lipinski definition) is 3. The van der Waals surface area contributed by atoms with Gasteiger partial charge in [-0.2, -0.15) is 0 Å². The molecule has 0 aliphatic carbocycles. The maximum Gasteiger partial charge on any atom is 0.223 e. The van der Waals surface area contributed by atoms with Gasteiger partial charge in [0.25, 0.3) is 0 Å². The number of carbonyl (C=O) groups excluding carboxylic acids is 1. The molecule has 0 radical (unpaired) electrons. The molecular weight excluding hydrogens is 208 g/mol. The molecule has 2 heterocycles. The van der Waals surface area contributed by atoms with Crippen molar-refractivity contribution in [2.75, 3.05) is 13.1 Å². The van der Waals surface area contributed by atoms with Gasteiger partial charge >= 0.3 is 0 Å². The van der Waals surface area contributed by atoms with Crippen LogP contribution in [0, 0.1) is 5.92 Å². The molecule has 1 aromatic rings. The first kappa shape index (κ1) is 10.6. The highest BCUT2D eigenvalue weighted by molar-refractivity contribution is 5.78. The summed E-state index contributed by atoms with van der Waals surface area (Å²) in [5, 5.41) is 3.50. The third-order valence-corrected chi connectivity index (χ3v) is 2.62.